The summed E-state index contributed by atoms with van der Waals surface area (Å²) in [5.41, 5.74) is 1.92. The first-order valence-electron chi connectivity index (χ1n) is 10.2. The van der Waals surface area contributed by atoms with Crippen LogP contribution in [0.25, 0.3) is 0 Å². The van der Waals surface area contributed by atoms with E-state index in [1.54, 1.807) is 24.3 Å². The van der Waals surface area contributed by atoms with Crippen molar-refractivity contribution in [2.75, 3.05) is 0 Å². The second-order valence-corrected chi connectivity index (χ2v) is 10.3. The van der Waals surface area contributed by atoms with Gasteiger partial charge in [-0.3, -0.25) is 0 Å². The van der Waals surface area contributed by atoms with Crippen LogP contribution in [0.1, 0.15) is 49.7 Å². The third-order valence-electron chi connectivity index (χ3n) is 4.42. The average molecular weight is 475 g/mol. The van der Waals surface area contributed by atoms with E-state index < -0.39 is 20.2 Å². The Kier molecular flexibility index (Phi) is 9.64. The van der Waals surface area contributed by atoms with E-state index in [1.165, 1.54) is 24.3 Å². The van der Waals surface area contributed by atoms with Crippen molar-refractivity contribution in [1.29, 1.82) is 0 Å². The van der Waals surface area contributed by atoms with Gasteiger partial charge >= 0.3 is 20.2 Å². The summed E-state index contributed by atoms with van der Waals surface area (Å²) in [6, 6.07) is 12.7. The molecule has 0 saturated heterocycles. The quantitative estimate of drug-likeness (QED) is 0.298. The Hall–Kier alpha value is -2.94. The monoisotopic (exact) mass is 474 g/mol. The highest BCUT2D eigenvalue weighted by Gasteiger charge is 2.14. The van der Waals surface area contributed by atoms with Crippen LogP contribution in [0.2, 0.25) is 0 Å². The van der Waals surface area contributed by atoms with E-state index in [0.717, 1.165) is 36.8 Å². The van der Waals surface area contributed by atoms with E-state index in [-0.39, 0.29) is 9.79 Å². The van der Waals surface area contributed by atoms with Gasteiger partial charge in [0, 0.05) is 12.8 Å². The third-order valence-corrected chi connectivity index (χ3v) is 6.72. The molecule has 0 fully saturated rings. The Morgan fingerprint density at radius 2 is 0.938 bits per heavy atom. The summed E-state index contributed by atoms with van der Waals surface area (Å²) < 4.78 is 57.3. The zero-order valence-electron chi connectivity index (χ0n) is 18.1. The van der Waals surface area contributed by atoms with Crippen molar-refractivity contribution >= 4 is 20.2 Å². The first-order chi connectivity index (χ1) is 15.2. The lowest BCUT2D eigenvalue weighted by atomic mass is 10.1. The molecular formula is C24H26O6S2. The molecule has 0 aliphatic carbocycles. The van der Waals surface area contributed by atoms with Crippen LogP contribution in [0.3, 0.4) is 0 Å². The molecule has 2 aromatic carbocycles. The first kappa shape index (κ1) is 25.3. The largest absolute Gasteiger partial charge is 0.347 e. The maximum Gasteiger partial charge on any atom is 0.347 e. The van der Waals surface area contributed by atoms with E-state index in [1.807, 2.05) is 13.8 Å². The predicted molar refractivity (Wildman–Crippen MR) is 122 cm³/mol. The molecular weight excluding hydrogens is 448 g/mol. The van der Waals surface area contributed by atoms with Gasteiger partial charge in [-0.15, -0.1) is 0 Å². The summed E-state index contributed by atoms with van der Waals surface area (Å²) in [6.07, 6.45) is 8.93. The van der Waals surface area contributed by atoms with Gasteiger partial charge in [-0.25, -0.2) is 0 Å². The zero-order valence-corrected chi connectivity index (χ0v) is 19.8. The molecule has 0 saturated carbocycles. The zero-order chi connectivity index (χ0) is 23.5. The SMILES string of the molecule is Cc1ccc(S(=O)(=O)OC#CCCCCCCC#COS(=O)(=O)c2ccc(C)cc2)cc1. The molecule has 0 unspecified atom stereocenters. The molecule has 0 N–H and O–H groups in total. The van der Waals surface area contributed by atoms with Crippen LogP contribution >= 0.6 is 0 Å². The number of aryl methyl sites for hydroxylation is 2. The average Bonchev–Trinajstić information content (AvgIpc) is 2.75. The minimum atomic E-state index is -3.86. The van der Waals surface area contributed by atoms with Crippen LogP contribution in [-0.2, 0) is 28.6 Å². The van der Waals surface area contributed by atoms with Crippen molar-refractivity contribution < 1.29 is 25.2 Å². The van der Waals surface area contributed by atoms with Crippen molar-refractivity contribution in [1.82, 2.24) is 0 Å². The van der Waals surface area contributed by atoms with E-state index in [2.05, 4.69) is 24.1 Å². The highest BCUT2D eigenvalue weighted by atomic mass is 32.2. The Morgan fingerprint density at radius 1 is 0.594 bits per heavy atom. The molecule has 0 amide bonds. The number of unbranched alkanes of at least 4 members (excludes halogenated alkanes) is 5. The Bertz CT molecular complexity index is 1110. The second kappa shape index (κ2) is 12.2. The van der Waals surface area contributed by atoms with Crippen LogP contribution in [-0.4, -0.2) is 16.8 Å². The highest BCUT2D eigenvalue weighted by Crippen LogP contribution is 2.14. The van der Waals surface area contributed by atoms with Crippen LogP contribution in [0, 0.1) is 37.9 Å². The number of benzene rings is 2. The second-order valence-electron chi connectivity index (χ2n) is 7.17. The van der Waals surface area contributed by atoms with Gasteiger partial charge in [0.15, 0.2) is 0 Å². The van der Waals surface area contributed by atoms with Crippen molar-refractivity contribution in [3.8, 4) is 24.1 Å². The van der Waals surface area contributed by atoms with Crippen LogP contribution in [0.15, 0.2) is 58.3 Å². The van der Waals surface area contributed by atoms with Gasteiger partial charge in [-0.2, -0.15) is 16.8 Å². The molecule has 170 valence electrons. The normalized spacial score (nSPS) is 10.9. The lowest BCUT2D eigenvalue weighted by Crippen LogP contribution is -2.02. The third kappa shape index (κ3) is 8.66. The first-order valence-corrected chi connectivity index (χ1v) is 13.0. The fourth-order valence-corrected chi connectivity index (χ4v) is 4.03. The minimum Gasteiger partial charge on any atom is -0.324 e. The molecule has 0 aromatic heterocycles. The molecule has 32 heavy (non-hydrogen) atoms. The Labute approximate surface area is 191 Å². The Balaban J connectivity index is 1.60. The van der Waals surface area contributed by atoms with Crippen molar-refractivity contribution in [2.24, 2.45) is 0 Å². The van der Waals surface area contributed by atoms with E-state index in [0.29, 0.717) is 12.8 Å². The standard InChI is InChI=1S/C24H26O6S2/c1-21-11-15-23(16-12-21)31(25,26)29-19-9-7-5-3-4-6-8-10-20-30-32(27,28)24-17-13-22(2)14-18-24/h11-18H,3-8H2,1-2H3. The van der Waals surface area contributed by atoms with E-state index in [9.17, 15) is 16.8 Å². The van der Waals surface area contributed by atoms with Crippen LogP contribution in [0.5, 0.6) is 0 Å². The topological polar surface area (TPSA) is 86.7 Å². The van der Waals surface area contributed by atoms with E-state index >= 15 is 0 Å². The molecule has 0 bridgehead atoms. The van der Waals surface area contributed by atoms with Gasteiger partial charge in [0.25, 0.3) is 0 Å². The van der Waals surface area contributed by atoms with Crippen LogP contribution in [0.4, 0.5) is 0 Å². The van der Waals surface area contributed by atoms with Gasteiger partial charge in [-0.1, -0.05) is 60.1 Å². The van der Waals surface area contributed by atoms with Crippen molar-refractivity contribution in [2.45, 2.75) is 62.2 Å². The smallest absolute Gasteiger partial charge is 0.324 e. The predicted octanol–water partition coefficient (Wildman–Crippen LogP) is 4.68. The van der Waals surface area contributed by atoms with Gasteiger partial charge in [0.05, 0.1) is 0 Å². The molecule has 0 atom stereocenters. The minimum absolute atomic E-state index is 0.0779. The number of hydrogen-bond acceptors (Lipinski definition) is 6. The fraction of sp³-hybridized carbons (Fsp3) is 0.333. The van der Waals surface area contributed by atoms with Crippen LogP contribution < -0.4 is 0 Å². The lowest BCUT2D eigenvalue weighted by molar-refractivity contribution is 0.463. The van der Waals surface area contributed by atoms with Crippen molar-refractivity contribution in [3.05, 3.63) is 59.7 Å². The van der Waals surface area contributed by atoms with Gasteiger partial charge in [-0.05, 0) is 51.0 Å². The fourth-order valence-electron chi connectivity index (χ4n) is 2.56. The summed E-state index contributed by atoms with van der Waals surface area (Å²) in [6.45, 7) is 3.74. The van der Waals surface area contributed by atoms with E-state index in [4.69, 9.17) is 8.37 Å². The van der Waals surface area contributed by atoms with Crippen molar-refractivity contribution in [3.63, 3.8) is 0 Å². The lowest BCUT2D eigenvalue weighted by Gasteiger charge is -2.01. The number of rotatable bonds is 9. The molecule has 0 heterocycles. The number of hydrogen-bond donors (Lipinski definition) is 0. The molecule has 2 aromatic rings. The van der Waals surface area contributed by atoms with Gasteiger partial charge in [0.2, 0.25) is 0 Å². The summed E-state index contributed by atoms with van der Waals surface area (Å²) in [5, 5.41) is 0. The molecule has 8 heteroatoms. The van der Waals surface area contributed by atoms with Gasteiger partial charge < -0.3 is 8.37 Å². The molecule has 0 radical (unpaired) electrons. The summed E-state index contributed by atoms with van der Waals surface area (Å²) in [5.74, 6) is 5.41. The molecule has 6 nitrogen and oxygen atoms in total. The maximum absolute atomic E-state index is 12.0. The summed E-state index contributed by atoms with van der Waals surface area (Å²) in [4.78, 5) is 0.156. The Morgan fingerprint density at radius 3 is 1.28 bits per heavy atom. The van der Waals surface area contributed by atoms with Gasteiger partial charge in [0.1, 0.15) is 22.0 Å². The highest BCUT2D eigenvalue weighted by molar-refractivity contribution is 7.87. The molecule has 2 rings (SSSR count). The molecule has 0 aliphatic heterocycles. The maximum atomic E-state index is 12.0. The summed E-state index contributed by atoms with van der Waals surface area (Å²) in [7, 11) is -7.72. The molecule has 0 aliphatic rings. The summed E-state index contributed by atoms with van der Waals surface area (Å²) >= 11 is 0. The molecule has 0 spiro atoms.